The molecule has 1 aromatic rings. The van der Waals surface area contributed by atoms with Crippen molar-refractivity contribution in [3.8, 4) is 0 Å². The molecule has 1 fully saturated rings. The second-order valence-electron chi connectivity index (χ2n) is 4.80. The minimum atomic E-state index is 0.657. The minimum Gasteiger partial charge on any atom is -0.397 e. The molecule has 2 N–H and O–H groups in total. The van der Waals surface area contributed by atoms with Crippen LogP contribution in [-0.2, 0) is 0 Å². The zero-order chi connectivity index (χ0) is 11.5. The average Bonchev–Trinajstić information content (AvgIpc) is 2.33. The Hall–Kier alpha value is -1.25. The summed E-state index contributed by atoms with van der Waals surface area (Å²) >= 11 is 0. The summed E-state index contributed by atoms with van der Waals surface area (Å²) in [7, 11) is 2.15. The van der Waals surface area contributed by atoms with Gasteiger partial charge in [-0.25, -0.2) is 4.98 Å². The molecule has 1 aliphatic carbocycles. The van der Waals surface area contributed by atoms with E-state index >= 15 is 0 Å². The lowest BCUT2D eigenvalue weighted by Gasteiger charge is -2.32. The quantitative estimate of drug-likeness (QED) is 0.831. The molecule has 0 spiro atoms. The molecule has 0 unspecified atom stereocenters. The summed E-state index contributed by atoms with van der Waals surface area (Å²) in [4.78, 5) is 6.73. The Morgan fingerprint density at radius 3 is 2.62 bits per heavy atom. The zero-order valence-electron chi connectivity index (χ0n) is 10.2. The first kappa shape index (κ1) is 11.2. The number of aryl methyl sites for hydroxylation is 1. The van der Waals surface area contributed by atoms with Gasteiger partial charge in [0.15, 0.2) is 0 Å². The monoisotopic (exact) mass is 219 g/mol. The molecule has 1 saturated carbocycles. The van der Waals surface area contributed by atoms with Gasteiger partial charge in [-0.3, -0.25) is 0 Å². The molecule has 16 heavy (non-hydrogen) atoms. The van der Waals surface area contributed by atoms with Crippen molar-refractivity contribution in [3.63, 3.8) is 0 Å². The van der Waals surface area contributed by atoms with Gasteiger partial charge in [-0.15, -0.1) is 0 Å². The Morgan fingerprint density at radius 1 is 1.31 bits per heavy atom. The van der Waals surface area contributed by atoms with Gasteiger partial charge in [-0.1, -0.05) is 19.3 Å². The lowest BCUT2D eigenvalue weighted by Crippen LogP contribution is -2.33. The van der Waals surface area contributed by atoms with Crippen LogP contribution in [0.5, 0.6) is 0 Å². The first-order chi connectivity index (χ1) is 7.68. The van der Waals surface area contributed by atoms with Crippen LogP contribution in [0.4, 0.5) is 11.5 Å². The van der Waals surface area contributed by atoms with E-state index < -0.39 is 0 Å². The lowest BCUT2D eigenvalue weighted by molar-refractivity contribution is 0.426. The van der Waals surface area contributed by atoms with E-state index in [-0.39, 0.29) is 0 Å². The largest absolute Gasteiger partial charge is 0.397 e. The van der Waals surface area contributed by atoms with E-state index in [1.807, 2.05) is 6.92 Å². The lowest BCUT2D eigenvalue weighted by atomic mass is 9.94. The fourth-order valence-corrected chi connectivity index (χ4v) is 2.40. The minimum absolute atomic E-state index is 0.657. The van der Waals surface area contributed by atoms with Crippen LogP contribution < -0.4 is 10.6 Å². The first-order valence-electron chi connectivity index (χ1n) is 6.13. The fraction of sp³-hybridized carbons (Fsp3) is 0.615. The van der Waals surface area contributed by atoms with Crippen molar-refractivity contribution in [2.75, 3.05) is 17.7 Å². The molecular formula is C13H21N3. The zero-order valence-corrected chi connectivity index (χ0v) is 10.2. The van der Waals surface area contributed by atoms with Crippen LogP contribution in [0.1, 0.15) is 37.7 Å². The molecule has 0 atom stereocenters. The van der Waals surface area contributed by atoms with Gasteiger partial charge in [0, 0.05) is 13.1 Å². The maximum Gasteiger partial charge on any atom is 0.128 e. The third-order valence-electron chi connectivity index (χ3n) is 3.62. The summed E-state index contributed by atoms with van der Waals surface area (Å²) in [6.07, 6.45) is 8.44. The third kappa shape index (κ3) is 2.29. The van der Waals surface area contributed by atoms with Crippen LogP contribution in [-0.4, -0.2) is 18.1 Å². The highest BCUT2D eigenvalue weighted by Gasteiger charge is 2.19. The van der Waals surface area contributed by atoms with Crippen LogP contribution in [0.2, 0.25) is 0 Å². The third-order valence-corrected chi connectivity index (χ3v) is 3.62. The van der Waals surface area contributed by atoms with Crippen LogP contribution in [0, 0.1) is 6.92 Å². The predicted molar refractivity (Wildman–Crippen MR) is 68.7 cm³/mol. The van der Waals surface area contributed by atoms with E-state index in [0.29, 0.717) is 6.04 Å². The molecule has 0 aliphatic heterocycles. The van der Waals surface area contributed by atoms with E-state index in [0.717, 1.165) is 17.1 Å². The maximum atomic E-state index is 5.79. The van der Waals surface area contributed by atoms with Crippen LogP contribution >= 0.6 is 0 Å². The van der Waals surface area contributed by atoms with Gasteiger partial charge in [-0.05, 0) is 31.4 Å². The maximum absolute atomic E-state index is 5.79. The molecule has 88 valence electrons. The average molecular weight is 219 g/mol. The second-order valence-corrected chi connectivity index (χ2v) is 4.80. The van der Waals surface area contributed by atoms with Crippen LogP contribution in [0.25, 0.3) is 0 Å². The molecule has 0 aromatic carbocycles. The van der Waals surface area contributed by atoms with E-state index in [2.05, 4.69) is 23.0 Å². The number of nitrogen functional groups attached to an aromatic ring is 1. The van der Waals surface area contributed by atoms with Crippen molar-refractivity contribution in [3.05, 3.63) is 17.8 Å². The summed E-state index contributed by atoms with van der Waals surface area (Å²) in [5.41, 5.74) is 7.68. The van der Waals surface area contributed by atoms with Gasteiger partial charge in [0.2, 0.25) is 0 Å². The van der Waals surface area contributed by atoms with Gasteiger partial charge in [0.05, 0.1) is 11.9 Å². The van der Waals surface area contributed by atoms with Crippen molar-refractivity contribution < 1.29 is 0 Å². The smallest absolute Gasteiger partial charge is 0.128 e. The number of hydrogen-bond acceptors (Lipinski definition) is 3. The summed E-state index contributed by atoms with van der Waals surface area (Å²) < 4.78 is 0. The normalized spacial score (nSPS) is 17.4. The van der Waals surface area contributed by atoms with E-state index in [1.165, 1.54) is 32.1 Å². The van der Waals surface area contributed by atoms with Gasteiger partial charge < -0.3 is 10.6 Å². The number of anilines is 2. The second kappa shape index (κ2) is 4.73. The molecule has 3 heteroatoms. The highest BCUT2D eigenvalue weighted by molar-refractivity contribution is 5.52. The highest BCUT2D eigenvalue weighted by Crippen LogP contribution is 2.26. The van der Waals surface area contributed by atoms with Crippen molar-refractivity contribution in [2.45, 2.75) is 45.1 Å². The van der Waals surface area contributed by atoms with Gasteiger partial charge in [0.1, 0.15) is 5.82 Å². The standard InChI is InChI=1S/C13H21N3/c1-10-8-13(15-9-12(10)14)16(2)11-6-4-3-5-7-11/h8-9,11H,3-7,14H2,1-2H3. The summed E-state index contributed by atoms with van der Waals surface area (Å²) in [6.45, 7) is 2.04. The number of pyridine rings is 1. The summed E-state index contributed by atoms with van der Waals surface area (Å²) in [6, 6.07) is 2.74. The van der Waals surface area contributed by atoms with Crippen LogP contribution in [0.15, 0.2) is 12.3 Å². The molecule has 1 aliphatic rings. The van der Waals surface area contributed by atoms with Crippen molar-refractivity contribution in [1.82, 2.24) is 4.98 Å². The molecule has 1 heterocycles. The van der Waals surface area contributed by atoms with Crippen LogP contribution in [0.3, 0.4) is 0 Å². The van der Waals surface area contributed by atoms with Gasteiger partial charge in [0.25, 0.3) is 0 Å². The SMILES string of the molecule is Cc1cc(N(C)C2CCCCC2)ncc1N. The Morgan fingerprint density at radius 2 is 2.00 bits per heavy atom. The molecule has 2 rings (SSSR count). The molecule has 0 saturated heterocycles. The molecular weight excluding hydrogens is 198 g/mol. The summed E-state index contributed by atoms with van der Waals surface area (Å²) in [5.74, 6) is 1.05. The van der Waals surface area contributed by atoms with Crippen molar-refractivity contribution in [2.24, 2.45) is 0 Å². The number of rotatable bonds is 2. The molecule has 3 nitrogen and oxygen atoms in total. The number of nitrogens with two attached hydrogens (primary N) is 1. The number of hydrogen-bond donors (Lipinski definition) is 1. The molecule has 0 bridgehead atoms. The van der Waals surface area contributed by atoms with E-state index in [4.69, 9.17) is 5.73 Å². The Kier molecular flexibility index (Phi) is 3.32. The topological polar surface area (TPSA) is 42.2 Å². The predicted octanol–water partition coefficient (Wildman–Crippen LogP) is 2.74. The number of aromatic nitrogens is 1. The van der Waals surface area contributed by atoms with E-state index in [9.17, 15) is 0 Å². The molecule has 0 amide bonds. The Balaban J connectivity index is 2.12. The van der Waals surface area contributed by atoms with E-state index in [1.54, 1.807) is 6.20 Å². The van der Waals surface area contributed by atoms with Gasteiger partial charge in [-0.2, -0.15) is 0 Å². The molecule has 0 radical (unpaired) electrons. The first-order valence-corrected chi connectivity index (χ1v) is 6.13. The summed E-state index contributed by atoms with van der Waals surface area (Å²) in [5, 5.41) is 0. The fourth-order valence-electron chi connectivity index (χ4n) is 2.40. The van der Waals surface area contributed by atoms with Crippen molar-refractivity contribution in [1.29, 1.82) is 0 Å². The van der Waals surface area contributed by atoms with Gasteiger partial charge >= 0.3 is 0 Å². The number of nitrogens with zero attached hydrogens (tertiary/aromatic N) is 2. The van der Waals surface area contributed by atoms with Crippen molar-refractivity contribution >= 4 is 11.5 Å². The molecule has 1 aromatic heterocycles. The Labute approximate surface area is 97.7 Å². The highest BCUT2D eigenvalue weighted by atomic mass is 15.2. The Bertz CT molecular complexity index is 356.